The van der Waals surface area contributed by atoms with E-state index in [1.54, 1.807) is 6.92 Å². The number of unbranched alkanes of at least 4 members (excludes halogenated alkanes) is 2. The first-order chi connectivity index (χ1) is 13.7. The normalized spacial score (nSPS) is 11.7. The van der Waals surface area contributed by atoms with Crippen molar-refractivity contribution in [3.8, 4) is 5.75 Å². The quantitative estimate of drug-likeness (QED) is 0.339. The lowest BCUT2D eigenvalue weighted by Gasteiger charge is -2.08. The number of fused-ring (bicyclic) bond motifs is 5. The van der Waals surface area contributed by atoms with Gasteiger partial charge in [0.15, 0.2) is 11.4 Å². The van der Waals surface area contributed by atoms with E-state index in [1.807, 2.05) is 24.4 Å². The van der Waals surface area contributed by atoms with Crippen molar-refractivity contribution in [1.82, 2.24) is 18.9 Å². The third-order valence-corrected chi connectivity index (χ3v) is 5.12. The minimum Gasteiger partial charge on any atom is -0.424 e. The first kappa shape index (κ1) is 18.5. The molecule has 0 unspecified atom stereocenters. The van der Waals surface area contributed by atoms with Gasteiger partial charge in [0.2, 0.25) is 0 Å². The lowest BCUT2D eigenvalue weighted by molar-refractivity contribution is -0.133. The molecule has 28 heavy (non-hydrogen) atoms. The van der Waals surface area contributed by atoms with E-state index in [-0.39, 0.29) is 5.97 Å². The molecule has 4 aromatic rings. The summed E-state index contributed by atoms with van der Waals surface area (Å²) < 4.78 is 9.90. The average molecular weight is 378 g/mol. The number of rotatable bonds is 7. The summed E-state index contributed by atoms with van der Waals surface area (Å²) in [4.78, 5) is 21.9. The number of carbonyl (C=O) groups is 1. The highest BCUT2D eigenvalue weighted by molar-refractivity contribution is 6.00. The molecule has 0 aliphatic heterocycles. The number of imidazole rings is 1. The summed E-state index contributed by atoms with van der Waals surface area (Å²) in [5, 5.41) is 0.812. The van der Waals surface area contributed by atoms with Crippen molar-refractivity contribution < 1.29 is 9.53 Å². The van der Waals surface area contributed by atoms with Gasteiger partial charge in [-0.1, -0.05) is 45.7 Å². The molecule has 0 fully saturated rings. The molecule has 0 N–H and O–H groups in total. The number of ether oxygens (including phenoxy) is 1. The van der Waals surface area contributed by atoms with Gasteiger partial charge in [-0.15, -0.1) is 0 Å². The van der Waals surface area contributed by atoms with E-state index >= 15 is 0 Å². The van der Waals surface area contributed by atoms with Crippen molar-refractivity contribution in [3.63, 3.8) is 0 Å². The number of para-hydroxylation sites is 2. The van der Waals surface area contributed by atoms with Crippen LogP contribution in [0.4, 0.5) is 0 Å². The number of aryl methyl sites for hydroxylation is 2. The standard InChI is InChI=1S/C22H26N4O2/c1-4-7-10-13-25-14-17(28-19(27)6-3)20-21(25)24-18(5-2)26-16-12-9-8-11-15(16)23-22(20)26/h8-9,11-12,14H,4-7,10,13H2,1-3H3. The van der Waals surface area contributed by atoms with E-state index in [0.29, 0.717) is 12.2 Å². The van der Waals surface area contributed by atoms with Gasteiger partial charge in [-0.3, -0.25) is 9.20 Å². The molecule has 3 aromatic heterocycles. The van der Waals surface area contributed by atoms with Gasteiger partial charge in [0.05, 0.1) is 11.0 Å². The molecule has 6 heteroatoms. The number of benzene rings is 1. The molecule has 146 valence electrons. The first-order valence-corrected chi connectivity index (χ1v) is 10.2. The third kappa shape index (κ3) is 3.03. The maximum absolute atomic E-state index is 12.0. The molecule has 0 saturated heterocycles. The Labute approximate surface area is 164 Å². The van der Waals surface area contributed by atoms with Crippen molar-refractivity contribution >= 4 is 33.7 Å². The van der Waals surface area contributed by atoms with Crippen LogP contribution >= 0.6 is 0 Å². The van der Waals surface area contributed by atoms with E-state index in [4.69, 9.17) is 14.7 Å². The van der Waals surface area contributed by atoms with Gasteiger partial charge in [-0.2, -0.15) is 0 Å². The summed E-state index contributed by atoms with van der Waals surface area (Å²) >= 11 is 0. The zero-order valence-electron chi connectivity index (χ0n) is 16.7. The second kappa shape index (κ2) is 7.62. The summed E-state index contributed by atoms with van der Waals surface area (Å²) in [6.45, 7) is 6.94. The zero-order chi connectivity index (χ0) is 19.7. The van der Waals surface area contributed by atoms with Gasteiger partial charge in [0.25, 0.3) is 0 Å². The fraction of sp³-hybridized carbons (Fsp3) is 0.409. The second-order valence-corrected chi connectivity index (χ2v) is 7.06. The maximum atomic E-state index is 12.0. The van der Waals surface area contributed by atoms with Crippen molar-refractivity contribution in [2.24, 2.45) is 0 Å². The maximum Gasteiger partial charge on any atom is 0.310 e. The summed E-state index contributed by atoms with van der Waals surface area (Å²) in [6.07, 6.45) is 6.40. The molecule has 1 aromatic carbocycles. The van der Waals surface area contributed by atoms with Crippen LogP contribution < -0.4 is 4.74 Å². The van der Waals surface area contributed by atoms with E-state index in [0.717, 1.165) is 65.8 Å². The highest BCUT2D eigenvalue weighted by atomic mass is 16.5. The lowest BCUT2D eigenvalue weighted by Crippen LogP contribution is -2.06. The van der Waals surface area contributed by atoms with Gasteiger partial charge < -0.3 is 9.30 Å². The van der Waals surface area contributed by atoms with Crippen molar-refractivity contribution in [1.29, 1.82) is 0 Å². The summed E-state index contributed by atoms with van der Waals surface area (Å²) in [6, 6.07) is 8.05. The molecule has 4 rings (SSSR count). The number of hydrogen-bond donors (Lipinski definition) is 0. The van der Waals surface area contributed by atoms with Gasteiger partial charge in [-0.25, -0.2) is 9.97 Å². The third-order valence-electron chi connectivity index (χ3n) is 5.12. The van der Waals surface area contributed by atoms with E-state index in [2.05, 4.69) is 28.9 Å². The van der Waals surface area contributed by atoms with Crippen LogP contribution in [0.2, 0.25) is 0 Å². The predicted octanol–water partition coefficient (Wildman–Crippen LogP) is 4.91. The van der Waals surface area contributed by atoms with Crippen LogP contribution in [-0.4, -0.2) is 24.9 Å². The van der Waals surface area contributed by atoms with Gasteiger partial charge in [-0.05, 0) is 18.6 Å². The topological polar surface area (TPSA) is 61.4 Å². The van der Waals surface area contributed by atoms with Crippen LogP contribution in [-0.2, 0) is 17.8 Å². The molecule has 0 spiro atoms. The fourth-order valence-corrected chi connectivity index (χ4v) is 3.69. The Bertz CT molecular complexity index is 1160. The zero-order valence-corrected chi connectivity index (χ0v) is 16.7. The summed E-state index contributed by atoms with van der Waals surface area (Å²) in [7, 11) is 0. The smallest absolute Gasteiger partial charge is 0.310 e. The number of hydrogen-bond acceptors (Lipinski definition) is 4. The second-order valence-electron chi connectivity index (χ2n) is 7.06. The van der Waals surface area contributed by atoms with Crippen molar-refractivity contribution in [3.05, 3.63) is 36.3 Å². The number of nitrogens with zero attached hydrogens (tertiary/aromatic N) is 4. The highest BCUT2D eigenvalue weighted by Crippen LogP contribution is 2.34. The van der Waals surface area contributed by atoms with E-state index < -0.39 is 0 Å². The Morgan fingerprint density at radius 1 is 1.07 bits per heavy atom. The van der Waals surface area contributed by atoms with E-state index in [1.165, 1.54) is 0 Å². The van der Waals surface area contributed by atoms with Gasteiger partial charge in [0, 0.05) is 25.6 Å². The molecule has 0 atom stereocenters. The number of aromatic nitrogens is 4. The molecule has 0 bridgehead atoms. The minimum atomic E-state index is -0.249. The number of carbonyl (C=O) groups excluding carboxylic acids is 1. The van der Waals surface area contributed by atoms with Crippen LogP contribution in [0, 0.1) is 0 Å². The summed E-state index contributed by atoms with van der Waals surface area (Å²) in [5.74, 6) is 1.26. The Kier molecular flexibility index (Phi) is 5.03. The molecule has 0 aliphatic rings. The molecule has 0 radical (unpaired) electrons. The predicted molar refractivity (Wildman–Crippen MR) is 111 cm³/mol. The van der Waals surface area contributed by atoms with Crippen LogP contribution in [0.1, 0.15) is 52.3 Å². The first-order valence-electron chi connectivity index (χ1n) is 10.2. The molecule has 0 aliphatic carbocycles. The Hall–Kier alpha value is -2.89. The SMILES string of the molecule is CCCCCn1cc(OC(=O)CC)c2c1nc(CC)n1c3ccccc3nc21. The van der Waals surface area contributed by atoms with E-state index in [9.17, 15) is 4.79 Å². The highest BCUT2D eigenvalue weighted by Gasteiger charge is 2.21. The Morgan fingerprint density at radius 2 is 1.89 bits per heavy atom. The van der Waals surface area contributed by atoms with Gasteiger partial charge >= 0.3 is 5.97 Å². The fourth-order valence-electron chi connectivity index (χ4n) is 3.69. The molecule has 0 saturated carbocycles. The van der Waals surface area contributed by atoms with Gasteiger partial charge in [0.1, 0.15) is 16.9 Å². The Morgan fingerprint density at radius 3 is 2.64 bits per heavy atom. The van der Waals surface area contributed by atoms with Crippen molar-refractivity contribution in [2.75, 3.05) is 0 Å². The largest absolute Gasteiger partial charge is 0.424 e. The molecule has 0 amide bonds. The number of esters is 1. The molecular weight excluding hydrogens is 352 g/mol. The van der Waals surface area contributed by atoms with Crippen LogP contribution in [0.25, 0.3) is 27.7 Å². The molecule has 6 nitrogen and oxygen atoms in total. The van der Waals surface area contributed by atoms with Crippen LogP contribution in [0.3, 0.4) is 0 Å². The van der Waals surface area contributed by atoms with Crippen LogP contribution in [0.5, 0.6) is 5.75 Å². The molecule has 3 heterocycles. The van der Waals surface area contributed by atoms with Crippen LogP contribution in [0.15, 0.2) is 30.5 Å². The monoisotopic (exact) mass is 378 g/mol. The lowest BCUT2D eigenvalue weighted by atomic mass is 10.2. The Balaban J connectivity index is 2.02. The van der Waals surface area contributed by atoms with Crippen molar-refractivity contribution in [2.45, 2.75) is 59.4 Å². The molecular formula is C22H26N4O2. The average Bonchev–Trinajstić information content (AvgIpc) is 3.26. The minimum absolute atomic E-state index is 0.249. The summed E-state index contributed by atoms with van der Waals surface area (Å²) in [5.41, 5.74) is 3.58.